The molecule has 0 aromatic heterocycles. The number of anilines is 1. The van der Waals surface area contributed by atoms with Gasteiger partial charge in [-0.15, -0.1) is 0 Å². The summed E-state index contributed by atoms with van der Waals surface area (Å²) in [4.78, 5) is 11.5. The van der Waals surface area contributed by atoms with Crippen LogP contribution in [0.25, 0.3) is 0 Å². The van der Waals surface area contributed by atoms with Gasteiger partial charge in [-0.05, 0) is 51.0 Å². The molecule has 0 saturated carbocycles. The number of benzene rings is 1. The third-order valence-corrected chi connectivity index (χ3v) is 2.32. The largest absolute Gasteiger partial charge is 0.491 e. The van der Waals surface area contributed by atoms with Crippen LogP contribution in [-0.4, -0.2) is 23.7 Å². The van der Waals surface area contributed by atoms with Crippen molar-refractivity contribution in [2.24, 2.45) is 0 Å². The Labute approximate surface area is 108 Å². The number of hydrogen-bond donors (Lipinski definition) is 2. The summed E-state index contributed by atoms with van der Waals surface area (Å²) in [6.45, 7) is 4.07. The van der Waals surface area contributed by atoms with Crippen molar-refractivity contribution in [1.82, 2.24) is 0 Å². The Morgan fingerprint density at radius 1 is 1.28 bits per heavy atom. The predicted octanol–water partition coefficient (Wildman–Crippen LogP) is 2.57. The fourth-order valence-electron chi connectivity index (χ4n) is 1.51. The van der Waals surface area contributed by atoms with Crippen LogP contribution in [-0.2, 0) is 4.79 Å². The maximum atomic E-state index is 11.5. The summed E-state index contributed by atoms with van der Waals surface area (Å²) in [7, 11) is 0. The van der Waals surface area contributed by atoms with Crippen molar-refractivity contribution in [3.05, 3.63) is 24.3 Å². The molecule has 4 nitrogen and oxygen atoms in total. The molecule has 0 spiro atoms. The second-order valence-electron chi connectivity index (χ2n) is 4.42. The van der Waals surface area contributed by atoms with Crippen LogP contribution in [0.3, 0.4) is 0 Å². The minimum absolute atomic E-state index is 0.0269. The SMILES string of the molecule is CC(C)Oc1ccc(NC(=O)CCCCO)cc1. The predicted molar refractivity (Wildman–Crippen MR) is 71.8 cm³/mol. The van der Waals surface area contributed by atoms with Gasteiger partial charge >= 0.3 is 0 Å². The van der Waals surface area contributed by atoms with E-state index in [1.807, 2.05) is 38.1 Å². The molecule has 0 heterocycles. The average molecular weight is 251 g/mol. The molecular formula is C14H21NO3. The Bertz CT molecular complexity index is 360. The van der Waals surface area contributed by atoms with Gasteiger partial charge in [0.05, 0.1) is 6.10 Å². The van der Waals surface area contributed by atoms with Crippen LogP contribution in [0.15, 0.2) is 24.3 Å². The molecule has 0 unspecified atom stereocenters. The maximum Gasteiger partial charge on any atom is 0.224 e. The molecule has 2 N–H and O–H groups in total. The van der Waals surface area contributed by atoms with E-state index in [9.17, 15) is 4.79 Å². The second-order valence-corrected chi connectivity index (χ2v) is 4.42. The van der Waals surface area contributed by atoms with E-state index in [2.05, 4.69) is 5.32 Å². The summed E-state index contributed by atoms with van der Waals surface area (Å²) in [5.41, 5.74) is 0.764. The Kier molecular flexibility index (Phi) is 6.22. The number of nitrogens with one attached hydrogen (secondary N) is 1. The molecule has 18 heavy (non-hydrogen) atoms. The van der Waals surface area contributed by atoms with Gasteiger partial charge in [-0.25, -0.2) is 0 Å². The normalized spacial score (nSPS) is 10.4. The number of aliphatic hydroxyl groups excluding tert-OH is 1. The lowest BCUT2D eigenvalue weighted by molar-refractivity contribution is -0.116. The van der Waals surface area contributed by atoms with E-state index in [0.717, 1.165) is 11.4 Å². The van der Waals surface area contributed by atoms with E-state index in [1.165, 1.54) is 0 Å². The molecule has 0 saturated heterocycles. The standard InChI is InChI=1S/C14H21NO3/c1-11(2)18-13-8-6-12(7-9-13)15-14(17)5-3-4-10-16/h6-9,11,16H,3-5,10H2,1-2H3,(H,15,17). The first-order valence-electron chi connectivity index (χ1n) is 6.29. The quantitative estimate of drug-likeness (QED) is 0.732. The summed E-state index contributed by atoms with van der Waals surface area (Å²) in [5, 5.41) is 11.4. The number of ether oxygens (including phenoxy) is 1. The van der Waals surface area contributed by atoms with Crippen LogP contribution in [0.1, 0.15) is 33.1 Å². The van der Waals surface area contributed by atoms with Crippen LogP contribution in [0.5, 0.6) is 5.75 Å². The van der Waals surface area contributed by atoms with Gasteiger partial charge in [0.25, 0.3) is 0 Å². The summed E-state index contributed by atoms with van der Waals surface area (Å²) in [5.74, 6) is 0.768. The first-order valence-corrected chi connectivity index (χ1v) is 6.29. The van der Waals surface area contributed by atoms with Gasteiger partial charge in [0.2, 0.25) is 5.91 Å². The van der Waals surface area contributed by atoms with Gasteiger partial charge in [-0.3, -0.25) is 4.79 Å². The monoisotopic (exact) mass is 251 g/mol. The van der Waals surface area contributed by atoms with Gasteiger partial charge in [0.15, 0.2) is 0 Å². The van der Waals surface area contributed by atoms with E-state index >= 15 is 0 Å². The topological polar surface area (TPSA) is 58.6 Å². The molecule has 1 aromatic rings. The number of aliphatic hydroxyl groups is 1. The molecule has 0 aliphatic rings. The second kappa shape index (κ2) is 7.71. The van der Waals surface area contributed by atoms with Crippen LogP contribution in [0, 0.1) is 0 Å². The van der Waals surface area contributed by atoms with Crippen molar-refractivity contribution in [3.8, 4) is 5.75 Å². The molecule has 1 aromatic carbocycles. The maximum absolute atomic E-state index is 11.5. The summed E-state index contributed by atoms with van der Waals surface area (Å²) < 4.78 is 5.51. The summed E-state index contributed by atoms with van der Waals surface area (Å²) in [6, 6.07) is 7.32. The van der Waals surface area contributed by atoms with Gasteiger partial charge in [-0.2, -0.15) is 0 Å². The highest BCUT2D eigenvalue weighted by molar-refractivity contribution is 5.90. The highest BCUT2D eigenvalue weighted by atomic mass is 16.5. The van der Waals surface area contributed by atoms with Crippen molar-refractivity contribution >= 4 is 11.6 Å². The van der Waals surface area contributed by atoms with Crippen LogP contribution in [0.4, 0.5) is 5.69 Å². The van der Waals surface area contributed by atoms with Crippen molar-refractivity contribution < 1.29 is 14.6 Å². The number of unbranched alkanes of at least 4 members (excludes halogenated alkanes) is 1. The van der Waals surface area contributed by atoms with Crippen LogP contribution < -0.4 is 10.1 Å². The first-order chi connectivity index (χ1) is 8.61. The molecule has 100 valence electrons. The van der Waals surface area contributed by atoms with E-state index in [1.54, 1.807) is 0 Å². The first kappa shape index (κ1) is 14.5. The van der Waals surface area contributed by atoms with Gasteiger partial charge in [0.1, 0.15) is 5.75 Å². The summed E-state index contributed by atoms with van der Waals surface area (Å²) in [6.07, 6.45) is 1.94. The number of carbonyl (C=O) groups excluding carboxylic acids is 1. The van der Waals surface area contributed by atoms with Crippen molar-refractivity contribution in [1.29, 1.82) is 0 Å². The fourth-order valence-corrected chi connectivity index (χ4v) is 1.51. The molecule has 1 rings (SSSR count). The lowest BCUT2D eigenvalue weighted by Crippen LogP contribution is -2.11. The summed E-state index contributed by atoms with van der Waals surface area (Å²) >= 11 is 0. The average Bonchev–Trinajstić information content (AvgIpc) is 2.31. The fraction of sp³-hybridized carbons (Fsp3) is 0.500. The van der Waals surface area contributed by atoms with Crippen molar-refractivity contribution in [2.75, 3.05) is 11.9 Å². The molecule has 0 atom stereocenters. The third-order valence-electron chi connectivity index (χ3n) is 2.32. The lowest BCUT2D eigenvalue weighted by Gasteiger charge is -2.10. The zero-order chi connectivity index (χ0) is 13.4. The lowest BCUT2D eigenvalue weighted by atomic mass is 10.2. The molecule has 0 aliphatic heterocycles. The Hall–Kier alpha value is -1.55. The highest BCUT2D eigenvalue weighted by Crippen LogP contribution is 2.17. The van der Waals surface area contributed by atoms with Gasteiger partial charge in [0, 0.05) is 18.7 Å². The zero-order valence-corrected chi connectivity index (χ0v) is 11.0. The van der Waals surface area contributed by atoms with Crippen LogP contribution in [0.2, 0.25) is 0 Å². The minimum Gasteiger partial charge on any atom is -0.491 e. The molecule has 1 amide bonds. The molecule has 0 fully saturated rings. The van der Waals surface area contributed by atoms with Crippen molar-refractivity contribution in [2.45, 2.75) is 39.2 Å². The van der Waals surface area contributed by atoms with E-state index in [-0.39, 0.29) is 18.6 Å². The third kappa shape index (κ3) is 5.68. The molecule has 0 aliphatic carbocycles. The number of hydrogen-bond acceptors (Lipinski definition) is 3. The number of amides is 1. The molecule has 0 bridgehead atoms. The minimum atomic E-state index is -0.0269. The van der Waals surface area contributed by atoms with E-state index < -0.39 is 0 Å². The van der Waals surface area contributed by atoms with Crippen LogP contribution >= 0.6 is 0 Å². The Balaban J connectivity index is 2.40. The number of rotatable bonds is 7. The smallest absolute Gasteiger partial charge is 0.224 e. The molecule has 4 heteroatoms. The Morgan fingerprint density at radius 2 is 1.94 bits per heavy atom. The van der Waals surface area contributed by atoms with E-state index in [0.29, 0.717) is 19.3 Å². The van der Waals surface area contributed by atoms with Gasteiger partial charge in [-0.1, -0.05) is 0 Å². The Morgan fingerprint density at radius 3 is 2.50 bits per heavy atom. The highest BCUT2D eigenvalue weighted by Gasteiger charge is 2.03. The number of carbonyl (C=O) groups is 1. The van der Waals surface area contributed by atoms with Crippen molar-refractivity contribution in [3.63, 3.8) is 0 Å². The molecule has 0 radical (unpaired) electrons. The zero-order valence-electron chi connectivity index (χ0n) is 11.0. The van der Waals surface area contributed by atoms with Gasteiger partial charge < -0.3 is 15.2 Å². The van der Waals surface area contributed by atoms with E-state index in [4.69, 9.17) is 9.84 Å². The molecular weight excluding hydrogens is 230 g/mol.